The lowest BCUT2D eigenvalue weighted by Crippen LogP contribution is -2.58. The number of fused-ring (bicyclic) bond motifs is 4. The maximum absolute atomic E-state index is 13.3. The summed E-state index contributed by atoms with van der Waals surface area (Å²) in [5.74, 6) is 0.420. The molecule has 4 fully saturated rings. The molecule has 4 nitrogen and oxygen atoms in total. The summed E-state index contributed by atoms with van der Waals surface area (Å²) in [6.45, 7) is 13.0. The van der Waals surface area contributed by atoms with E-state index in [1.807, 2.05) is 20.8 Å². The van der Waals surface area contributed by atoms with Crippen molar-refractivity contribution in [3.63, 3.8) is 0 Å². The van der Waals surface area contributed by atoms with E-state index in [0.717, 1.165) is 12.8 Å². The number of nitrogens with one attached hydrogen (secondary N) is 1. The van der Waals surface area contributed by atoms with Crippen molar-refractivity contribution >= 4 is 11.9 Å². The summed E-state index contributed by atoms with van der Waals surface area (Å²) < 4.78 is 5.75. The van der Waals surface area contributed by atoms with Crippen LogP contribution < -0.4 is 5.32 Å². The zero-order chi connectivity index (χ0) is 17.8. The lowest BCUT2D eigenvalue weighted by molar-refractivity contribution is -0.169. The fraction of sp³-hybridized carbons (Fsp3) is 0.900. The average molecular weight is 333 g/mol. The molecule has 4 bridgehead atoms. The smallest absolute Gasteiger partial charge is 0.313 e. The highest BCUT2D eigenvalue weighted by Crippen LogP contribution is 2.67. The molecule has 3 saturated carbocycles. The third-order valence-electron chi connectivity index (χ3n) is 9.55. The Kier molecular flexibility index (Phi) is 2.86. The molecule has 1 N–H and O–H groups in total. The van der Waals surface area contributed by atoms with Gasteiger partial charge < -0.3 is 10.1 Å². The van der Waals surface area contributed by atoms with Gasteiger partial charge in [-0.05, 0) is 55.8 Å². The van der Waals surface area contributed by atoms with Gasteiger partial charge in [-0.3, -0.25) is 9.59 Å². The molecule has 24 heavy (non-hydrogen) atoms. The van der Waals surface area contributed by atoms with Gasteiger partial charge in [-0.1, -0.05) is 34.6 Å². The summed E-state index contributed by atoms with van der Waals surface area (Å²) in [7, 11) is 0. The number of hydrogen-bond acceptors (Lipinski definition) is 3. The van der Waals surface area contributed by atoms with Crippen LogP contribution in [0.3, 0.4) is 0 Å². The highest BCUT2D eigenvalue weighted by molar-refractivity contribution is 5.96. The van der Waals surface area contributed by atoms with Crippen LogP contribution in [0.2, 0.25) is 0 Å². The van der Waals surface area contributed by atoms with Gasteiger partial charge >= 0.3 is 5.97 Å². The van der Waals surface area contributed by atoms with E-state index in [0.29, 0.717) is 12.3 Å². The zero-order valence-electron chi connectivity index (χ0n) is 15.9. The third kappa shape index (κ3) is 1.44. The van der Waals surface area contributed by atoms with Crippen molar-refractivity contribution in [2.45, 2.75) is 85.3 Å². The minimum absolute atomic E-state index is 0.0587. The molecule has 1 amide bonds. The molecule has 1 aliphatic heterocycles. The van der Waals surface area contributed by atoms with Crippen LogP contribution in [0.25, 0.3) is 0 Å². The van der Waals surface area contributed by atoms with Crippen molar-refractivity contribution in [3.8, 4) is 0 Å². The molecule has 0 spiro atoms. The Morgan fingerprint density at radius 2 is 1.75 bits per heavy atom. The fourth-order valence-corrected chi connectivity index (χ4v) is 6.44. The van der Waals surface area contributed by atoms with E-state index in [1.165, 1.54) is 12.8 Å². The maximum atomic E-state index is 13.3. The van der Waals surface area contributed by atoms with Gasteiger partial charge in [-0.15, -0.1) is 0 Å². The van der Waals surface area contributed by atoms with Crippen LogP contribution in [0, 0.1) is 27.6 Å². The monoisotopic (exact) mass is 333 g/mol. The van der Waals surface area contributed by atoms with Crippen molar-refractivity contribution in [1.29, 1.82) is 0 Å². The summed E-state index contributed by atoms with van der Waals surface area (Å²) in [6.07, 6.45) is 4.87. The number of carbonyl (C=O) groups is 2. The van der Waals surface area contributed by atoms with Crippen molar-refractivity contribution < 1.29 is 14.3 Å². The molecule has 1 saturated heterocycles. The third-order valence-corrected chi connectivity index (χ3v) is 9.55. The first-order valence-corrected chi connectivity index (χ1v) is 9.47. The van der Waals surface area contributed by atoms with E-state index >= 15 is 0 Å². The number of amides is 1. The largest absolute Gasteiger partial charge is 0.448 e. The Morgan fingerprint density at radius 3 is 2.17 bits per heavy atom. The predicted molar refractivity (Wildman–Crippen MR) is 91.1 cm³/mol. The average Bonchev–Trinajstić information content (AvgIpc) is 2.97. The van der Waals surface area contributed by atoms with Crippen LogP contribution in [-0.2, 0) is 14.3 Å². The van der Waals surface area contributed by atoms with Gasteiger partial charge in [-0.2, -0.15) is 0 Å². The highest BCUT2D eigenvalue weighted by atomic mass is 16.6. The Bertz CT molecular complexity index is 639. The Hall–Kier alpha value is -1.06. The van der Waals surface area contributed by atoms with Crippen LogP contribution >= 0.6 is 0 Å². The molecule has 0 aromatic heterocycles. The summed E-state index contributed by atoms with van der Waals surface area (Å²) in [6, 6.07) is 0.190. The van der Waals surface area contributed by atoms with Crippen LogP contribution in [0.4, 0.5) is 0 Å². The molecular formula is C20H31NO3. The lowest BCUT2D eigenvalue weighted by atomic mass is 9.65. The van der Waals surface area contributed by atoms with Crippen LogP contribution in [-0.4, -0.2) is 23.5 Å². The molecule has 4 aliphatic rings. The van der Waals surface area contributed by atoms with E-state index < -0.39 is 16.4 Å². The van der Waals surface area contributed by atoms with Gasteiger partial charge in [0.15, 0.2) is 5.60 Å². The van der Waals surface area contributed by atoms with Crippen LogP contribution in [0.1, 0.15) is 73.6 Å². The first-order chi connectivity index (χ1) is 10.9. The van der Waals surface area contributed by atoms with Gasteiger partial charge in [-0.25, -0.2) is 0 Å². The van der Waals surface area contributed by atoms with Crippen molar-refractivity contribution in [2.75, 3.05) is 0 Å². The fourth-order valence-electron chi connectivity index (χ4n) is 6.44. The van der Waals surface area contributed by atoms with E-state index in [1.54, 1.807) is 0 Å². The predicted octanol–water partition coefficient (Wildman–Crippen LogP) is 3.44. The summed E-state index contributed by atoms with van der Waals surface area (Å²) >= 11 is 0. The molecule has 4 heteroatoms. The zero-order valence-corrected chi connectivity index (χ0v) is 15.9. The van der Waals surface area contributed by atoms with Crippen LogP contribution in [0.5, 0.6) is 0 Å². The Balaban J connectivity index is 1.62. The van der Waals surface area contributed by atoms with Gasteiger partial charge in [0, 0.05) is 11.5 Å². The minimum atomic E-state index is -0.985. The second kappa shape index (κ2) is 4.19. The molecular weight excluding hydrogens is 302 g/mol. The van der Waals surface area contributed by atoms with E-state index in [4.69, 9.17) is 4.74 Å². The number of ether oxygens (including phenoxy) is 1. The lowest BCUT2D eigenvalue weighted by Gasteiger charge is -2.42. The molecule has 3 aliphatic carbocycles. The Labute approximate surface area is 145 Å². The molecule has 1 heterocycles. The second-order valence-electron chi connectivity index (χ2n) is 10.3. The topological polar surface area (TPSA) is 55.4 Å². The maximum Gasteiger partial charge on any atom is 0.313 e. The molecule has 4 rings (SSSR count). The quantitative estimate of drug-likeness (QED) is 0.788. The molecule has 0 aromatic carbocycles. The van der Waals surface area contributed by atoms with Crippen molar-refractivity contribution in [3.05, 3.63) is 0 Å². The van der Waals surface area contributed by atoms with Crippen LogP contribution in [0.15, 0.2) is 0 Å². The van der Waals surface area contributed by atoms with Crippen molar-refractivity contribution in [1.82, 2.24) is 5.32 Å². The normalized spacial score (nSPS) is 50.2. The first-order valence-electron chi connectivity index (χ1n) is 9.47. The van der Waals surface area contributed by atoms with Gasteiger partial charge in [0.25, 0.3) is 5.91 Å². The summed E-state index contributed by atoms with van der Waals surface area (Å²) in [5, 5.41) is 3.34. The SMILES string of the molecule is CC1(C)[C@@]2(C(=O)N[C@@H]3C[C@@H]4CC[C@@]3(C)C4(C)C)CC[C@]1(C)C(=O)O2. The second-order valence-corrected chi connectivity index (χ2v) is 10.3. The molecule has 0 aromatic rings. The van der Waals surface area contributed by atoms with Crippen molar-refractivity contribution in [2.24, 2.45) is 27.6 Å². The molecule has 5 atom stereocenters. The number of hydrogen-bond donors (Lipinski definition) is 1. The molecule has 134 valence electrons. The first kappa shape index (κ1) is 16.4. The van der Waals surface area contributed by atoms with E-state index in [2.05, 4.69) is 26.1 Å². The summed E-state index contributed by atoms with van der Waals surface area (Å²) in [5.41, 5.74) is -1.59. The van der Waals surface area contributed by atoms with E-state index in [9.17, 15) is 9.59 Å². The minimum Gasteiger partial charge on any atom is -0.448 e. The van der Waals surface area contributed by atoms with E-state index in [-0.39, 0.29) is 28.7 Å². The van der Waals surface area contributed by atoms with Gasteiger partial charge in [0.2, 0.25) is 0 Å². The number of esters is 1. The van der Waals surface area contributed by atoms with Gasteiger partial charge in [0.05, 0.1) is 5.41 Å². The summed E-state index contributed by atoms with van der Waals surface area (Å²) in [4.78, 5) is 25.7. The molecule has 0 unspecified atom stereocenters. The molecule has 0 radical (unpaired) electrons. The highest BCUT2D eigenvalue weighted by Gasteiger charge is 2.76. The van der Waals surface area contributed by atoms with Gasteiger partial charge in [0.1, 0.15) is 0 Å². The number of rotatable bonds is 2. The number of carbonyl (C=O) groups excluding carboxylic acids is 2. The standard InChI is InChI=1S/C20H31NO3/c1-16(2)12-7-8-18(16,5)13(11-12)21-14(22)20-10-9-19(6,15(23)24-20)17(20,3)4/h12-13H,7-11H2,1-6H3,(H,21,22)/t12-,13+,18+,19+,20-/m0/s1. The Morgan fingerprint density at radius 1 is 1.08 bits per heavy atom.